The van der Waals surface area contributed by atoms with Crippen molar-refractivity contribution in [2.75, 3.05) is 6.54 Å². The van der Waals surface area contributed by atoms with E-state index in [9.17, 15) is 18.4 Å². The number of rotatable bonds is 6. The number of ketones is 1. The van der Waals surface area contributed by atoms with E-state index in [1.165, 1.54) is 16.2 Å². The van der Waals surface area contributed by atoms with Gasteiger partial charge in [-0.25, -0.2) is 13.8 Å². The van der Waals surface area contributed by atoms with E-state index in [1.807, 2.05) is 54.6 Å². The number of aromatic nitrogens is 2. The predicted octanol–water partition coefficient (Wildman–Crippen LogP) is 6.57. The largest absolute Gasteiger partial charge is 0.329 e. The summed E-state index contributed by atoms with van der Waals surface area (Å²) < 4.78 is 29.0. The summed E-state index contributed by atoms with van der Waals surface area (Å²) in [6, 6.07) is 18.0. The Hall–Kier alpha value is -3.52. The maximum absolute atomic E-state index is 14.5. The summed E-state index contributed by atoms with van der Waals surface area (Å²) in [6.07, 6.45) is 1.92. The molecule has 0 N–H and O–H groups in total. The maximum atomic E-state index is 14.5. The molecule has 2 aromatic carbocycles. The van der Waals surface area contributed by atoms with Gasteiger partial charge in [0.1, 0.15) is 4.88 Å². The van der Waals surface area contributed by atoms with Crippen LogP contribution in [0.2, 0.25) is 0 Å². The second-order valence-electron chi connectivity index (χ2n) is 9.10. The lowest BCUT2D eigenvalue weighted by Crippen LogP contribution is -2.51. The number of carbonyl (C=O) groups excluding carboxylic acids is 2. The van der Waals surface area contributed by atoms with E-state index in [4.69, 9.17) is 0 Å². The predicted molar refractivity (Wildman–Crippen MR) is 137 cm³/mol. The Morgan fingerprint density at radius 3 is 2.67 bits per heavy atom. The first-order valence-corrected chi connectivity index (χ1v) is 12.7. The average Bonchev–Trinajstić information content (AvgIpc) is 3.28. The minimum Gasteiger partial charge on any atom is -0.329 e. The van der Waals surface area contributed by atoms with Crippen molar-refractivity contribution in [1.29, 1.82) is 0 Å². The van der Waals surface area contributed by atoms with Crippen LogP contribution < -0.4 is 0 Å². The van der Waals surface area contributed by atoms with Gasteiger partial charge in [0, 0.05) is 41.6 Å². The van der Waals surface area contributed by atoms with Gasteiger partial charge in [0.05, 0.1) is 22.8 Å². The molecule has 1 saturated heterocycles. The van der Waals surface area contributed by atoms with E-state index < -0.39 is 24.4 Å². The number of carbonyl (C=O) groups is 2. The SMILES string of the molecule is Cc1nc(-c2ccccc2)c(C(=O)N2CC(F)(F)CCC2CCC(=O)c2cccc3cccnc23)s1. The van der Waals surface area contributed by atoms with E-state index in [1.54, 1.807) is 19.2 Å². The van der Waals surface area contributed by atoms with E-state index >= 15 is 0 Å². The van der Waals surface area contributed by atoms with Crippen molar-refractivity contribution in [3.63, 3.8) is 0 Å². The molecule has 5 nitrogen and oxygen atoms in total. The Balaban J connectivity index is 1.39. The highest BCUT2D eigenvalue weighted by Crippen LogP contribution is 2.36. The molecule has 1 atom stereocenters. The Morgan fingerprint density at radius 2 is 1.86 bits per heavy atom. The molecule has 4 aromatic rings. The van der Waals surface area contributed by atoms with Gasteiger partial charge in [0.15, 0.2) is 5.78 Å². The van der Waals surface area contributed by atoms with E-state index in [2.05, 4.69) is 9.97 Å². The molecular weight excluding hydrogens is 480 g/mol. The van der Waals surface area contributed by atoms with Gasteiger partial charge in [0.25, 0.3) is 11.8 Å². The third-order valence-electron chi connectivity index (χ3n) is 6.56. The molecule has 0 radical (unpaired) electrons. The van der Waals surface area contributed by atoms with Crippen molar-refractivity contribution in [2.45, 2.75) is 44.6 Å². The molecule has 5 rings (SSSR count). The van der Waals surface area contributed by atoms with Gasteiger partial charge in [-0.3, -0.25) is 14.6 Å². The highest BCUT2D eigenvalue weighted by molar-refractivity contribution is 7.14. The Morgan fingerprint density at radius 1 is 1.08 bits per heavy atom. The monoisotopic (exact) mass is 505 g/mol. The minimum atomic E-state index is -2.97. The average molecular weight is 506 g/mol. The van der Waals surface area contributed by atoms with Gasteiger partial charge in [-0.15, -0.1) is 11.3 Å². The van der Waals surface area contributed by atoms with Gasteiger partial charge in [-0.05, 0) is 31.9 Å². The van der Waals surface area contributed by atoms with Gasteiger partial charge in [0.2, 0.25) is 0 Å². The fourth-order valence-corrected chi connectivity index (χ4v) is 5.68. The van der Waals surface area contributed by atoms with Crippen LogP contribution in [0.1, 0.15) is 50.7 Å². The molecule has 8 heteroatoms. The molecule has 0 saturated carbocycles. The molecule has 1 amide bonds. The van der Waals surface area contributed by atoms with Gasteiger partial charge >= 0.3 is 0 Å². The molecule has 0 aliphatic carbocycles. The first kappa shape index (κ1) is 24.2. The number of fused-ring (bicyclic) bond motifs is 1. The van der Waals surface area contributed by atoms with E-state index in [-0.39, 0.29) is 25.0 Å². The Labute approximate surface area is 211 Å². The zero-order valence-corrected chi connectivity index (χ0v) is 20.6. The number of halogens is 2. The number of pyridine rings is 1. The molecule has 1 fully saturated rings. The summed E-state index contributed by atoms with van der Waals surface area (Å²) in [5.74, 6) is -3.53. The second-order valence-corrected chi connectivity index (χ2v) is 10.3. The summed E-state index contributed by atoms with van der Waals surface area (Å²) in [5, 5.41) is 1.56. The third kappa shape index (κ3) is 4.91. The summed E-state index contributed by atoms with van der Waals surface area (Å²) in [6.45, 7) is 1.14. The number of benzene rings is 2. The molecular formula is C28H25F2N3O2S. The van der Waals surface area contributed by atoms with Crippen LogP contribution in [0.25, 0.3) is 22.2 Å². The van der Waals surface area contributed by atoms with E-state index in [0.29, 0.717) is 33.1 Å². The number of likely N-dealkylation sites (tertiary alicyclic amines) is 1. The molecule has 1 aliphatic rings. The van der Waals surface area contributed by atoms with Gasteiger partial charge in [-0.2, -0.15) is 0 Å². The smallest absolute Gasteiger partial charge is 0.266 e. The van der Waals surface area contributed by atoms with Crippen LogP contribution in [-0.2, 0) is 0 Å². The number of Topliss-reactive ketones (excluding diaryl/α,β-unsaturated/α-hetero) is 1. The number of nitrogens with zero attached hydrogens (tertiary/aromatic N) is 3. The second kappa shape index (κ2) is 9.85. The van der Waals surface area contributed by atoms with Crippen molar-refractivity contribution >= 4 is 33.9 Å². The van der Waals surface area contributed by atoms with Crippen LogP contribution in [0, 0.1) is 6.92 Å². The van der Waals surface area contributed by atoms with Crippen LogP contribution in [0.5, 0.6) is 0 Å². The van der Waals surface area contributed by atoms with Gasteiger partial charge < -0.3 is 4.90 Å². The topological polar surface area (TPSA) is 63.2 Å². The Bertz CT molecular complexity index is 1420. The first-order valence-electron chi connectivity index (χ1n) is 11.9. The number of amides is 1. The number of hydrogen-bond donors (Lipinski definition) is 0. The lowest BCUT2D eigenvalue weighted by Gasteiger charge is -2.39. The minimum absolute atomic E-state index is 0.109. The molecule has 36 heavy (non-hydrogen) atoms. The normalized spacial score (nSPS) is 17.3. The summed E-state index contributed by atoms with van der Waals surface area (Å²) >= 11 is 1.21. The molecule has 1 unspecified atom stereocenters. The van der Waals surface area contributed by atoms with Gasteiger partial charge in [-0.1, -0.05) is 48.5 Å². The van der Waals surface area contributed by atoms with Crippen molar-refractivity contribution in [1.82, 2.24) is 14.9 Å². The van der Waals surface area contributed by atoms with Crippen molar-refractivity contribution in [3.05, 3.63) is 82.3 Å². The zero-order valence-electron chi connectivity index (χ0n) is 19.8. The fraction of sp³-hybridized carbons (Fsp3) is 0.286. The summed E-state index contributed by atoms with van der Waals surface area (Å²) in [4.78, 5) is 37.3. The lowest BCUT2D eigenvalue weighted by atomic mass is 9.93. The van der Waals surface area contributed by atoms with Crippen molar-refractivity contribution < 1.29 is 18.4 Å². The highest BCUT2D eigenvalue weighted by atomic mass is 32.1. The van der Waals surface area contributed by atoms with E-state index in [0.717, 1.165) is 10.9 Å². The molecule has 0 bridgehead atoms. The first-order chi connectivity index (χ1) is 17.3. The number of alkyl halides is 2. The lowest BCUT2D eigenvalue weighted by molar-refractivity contribution is -0.0728. The molecule has 3 heterocycles. The zero-order chi connectivity index (χ0) is 25.3. The molecule has 184 valence electrons. The van der Waals surface area contributed by atoms with Crippen molar-refractivity contribution in [2.24, 2.45) is 0 Å². The number of hydrogen-bond acceptors (Lipinski definition) is 5. The van der Waals surface area contributed by atoms with Crippen LogP contribution in [0.4, 0.5) is 8.78 Å². The highest BCUT2D eigenvalue weighted by Gasteiger charge is 2.43. The maximum Gasteiger partial charge on any atom is 0.266 e. The third-order valence-corrected chi connectivity index (χ3v) is 7.52. The standard InChI is InChI=1S/C28H25F2N3O2S/c1-18-32-25(20-7-3-2-4-8-20)26(36-18)27(35)33-17-28(29,30)15-14-21(33)12-13-23(34)22-11-5-9-19-10-6-16-31-24(19)22/h2-11,16,21H,12-15,17H2,1H3. The molecule has 1 aliphatic heterocycles. The van der Waals surface area contributed by atoms with Crippen LogP contribution in [0.3, 0.4) is 0 Å². The van der Waals surface area contributed by atoms with Crippen LogP contribution in [-0.4, -0.2) is 45.1 Å². The number of piperidine rings is 1. The Kier molecular flexibility index (Phi) is 6.62. The number of para-hydroxylation sites is 1. The summed E-state index contributed by atoms with van der Waals surface area (Å²) in [5.41, 5.74) is 2.41. The molecule has 2 aromatic heterocycles. The van der Waals surface area contributed by atoms with Crippen LogP contribution in [0.15, 0.2) is 66.9 Å². The fourth-order valence-electron chi connectivity index (χ4n) is 4.78. The molecule has 0 spiro atoms. The number of aryl methyl sites for hydroxylation is 1. The quantitative estimate of drug-likeness (QED) is 0.278. The number of thiazole rings is 1. The van der Waals surface area contributed by atoms with Crippen LogP contribution >= 0.6 is 11.3 Å². The summed E-state index contributed by atoms with van der Waals surface area (Å²) in [7, 11) is 0. The van der Waals surface area contributed by atoms with Crippen molar-refractivity contribution in [3.8, 4) is 11.3 Å².